The van der Waals surface area contributed by atoms with Gasteiger partial charge in [-0.25, -0.2) is 4.79 Å². The van der Waals surface area contributed by atoms with Gasteiger partial charge < -0.3 is 0 Å². The number of urea groups is 1. The lowest BCUT2D eigenvalue weighted by molar-refractivity contribution is 0.226. The fourth-order valence-corrected chi connectivity index (χ4v) is 3.03. The number of hydrogen-bond acceptors (Lipinski definition) is 2. The molecule has 134 valence electrons. The molecular formula is C22H25N3O. The summed E-state index contributed by atoms with van der Waals surface area (Å²) < 4.78 is 0. The second-order valence-electron chi connectivity index (χ2n) is 6.90. The molecule has 0 N–H and O–H groups in total. The van der Waals surface area contributed by atoms with E-state index >= 15 is 0 Å². The quantitative estimate of drug-likeness (QED) is 0.750. The molecule has 0 aromatic heterocycles. The zero-order valence-electron chi connectivity index (χ0n) is 15.8. The van der Waals surface area contributed by atoms with Crippen molar-refractivity contribution in [1.29, 1.82) is 0 Å². The Hall–Kier alpha value is -2.88. The lowest BCUT2D eigenvalue weighted by atomic mass is 10.1. The van der Waals surface area contributed by atoms with Gasteiger partial charge in [0.05, 0.1) is 11.4 Å². The summed E-state index contributed by atoms with van der Waals surface area (Å²) in [6, 6.07) is 19.8. The Morgan fingerprint density at radius 3 is 2.00 bits per heavy atom. The average molecular weight is 347 g/mol. The summed E-state index contributed by atoms with van der Waals surface area (Å²) in [5, 5.41) is 0. The first-order valence-electron chi connectivity index (χ1n) is 9.02. The van der Waals surface area contributed by atoms with Gasteiger partial charge in [0, 0.05) is 12.1 Å². The van der Waals surface area contributed by atoms with Gasteiger partial charge in [-0.3, -0.25) is 14.8 Å². The number of aliphatic imine (C=N–C) groups is 1. The SMILES string of the molecule is CC(C)N=C1/C(=C\c2ccccc2)N(c2ccccc2)C(=O)N1C(C)C. The summed E-state index contributed by atoms with van der Waals surface area (Å²) in [5.74, 6) is 0.729. The van der Waals surface area contributed by atoms with Crippen molar-refractivity contribution in [2.45, 2.75) is 39.8 Å². The minimum atomic E-state index is -0.0622. The van der Waals surface area contributed by atoms with Gasteiger partial charge >= 0.3 is 6.03 Å². The van der Waals surface area contributed by atoms with Crippen molar-refractivity contribution in [3.05, 3.63) is 71.9 Å². The molecule has 4 heteroatoms. The molecule has 2 aromatic rings. The van der Waals surface area contributed by atoms with Crippen molar-refractivity contribution in [3.63, 3.8) is 0 Å². The highest BCUT2D eigenvalue weighted by molar-refractivity contribution is 6.25. The molecule has 1 aliphatic heterocycles. The molecule has 2 amide bonds. The van der Waals surface area contributed by atoms with Crippen molar-refractivity contribution in [3.8, 4) is 0 Å². The van der Waals surface area contributed by atoms with Crippen molar-refractivity contribution in [2.24, 2.45) is 4.99 Å². The number of carbonyl (C=O) groups excluding carboxylic acids is 1. The Morgan fingerprint density at radius 2 is 1.46 bits per heavy atom. The van der Waals surface area contributed by atoms with Crippen LogP contribution in [0.1, 0.15) is 33.3 Å². The summed E-state index contributed by atoms with van der Waals surface area (Å²) in [6.07, 6.45) is 2.04. The van der Waals surface area contributed by atoms with Crippen LogP contribution >= 0.6 is 0 Å². The highest BCUT2D eigenvalue weighted by Gasteiger charge is 2.41. The summed E-state index contributed by atoms with van der Waals surface area (Å²) in [7, 11) is 0. The highest BCUT2D eigenvalue weighted by atomic mass is 16.2. The van der Waals surface area contributed by atoms with Crippen molar-refractivity contribution < 1.29 is 4.79 Å². The maximum absolute atomic E-state index is 13.3. The third-order valence-corrected chi connectivity index (χ3v) is 4.11. The van der Waals surface area contributed by atoms with Gasteiger partial charge in [0.2, 0.25) is 0 Å². The topological polar surface area (TPSA) is 35.9 Å². The molecule has 2 aromatic carbocycles. The van der Waals surface area contributed by atoms with E-state index in [1.807, 2.05) is 94.4 Å². The van der Waals surface area contributed by atoms with Crippen LogP contribution in [-0.4, -0.2) is 28.9 Å². The van der Waals surface area contributed by atoms with Gasteiger partial charge in [0.1, 0.15) is 0 Å². The summed E-state index contributed by atoms with van der Waals surface area (Å²) in [6.45, 7) is 8.09. The van der Waals surface area contributed by atoms with Crippen molar-refractivity contribution in [1.82, 2.24) is 4.90 Å². The first-order chi connectivity index (χ1) is 12.5. The fraction of sp³-hybridized carbons (Fsp3) is 0.273. The molecule has 1 fully saturated rings. The number of amides is 2. The number of hydrogen-bond donors (Lipinski definition) is 0. The van der Waals surface area contributed by atoms with Crippen LogP contribution in [0.5, 0.6) is 0 Å². The van der Waals surface area contributed by atoms with Gasteiger partial charge in [0.15, 0.2) is 5.84 Å². The lowest BCUT2D eigenvalue weighted by Gasteiger charge is -2.21. The largest absolute Gasteiger partial charge is 0.335 e. The van der Waals surface area contributed by atoms with Crippen LogP contribution in [0.2, 0.25) is 0 Å². The smallest absolute Gasteiger partial charge is 0.274 e. The first kappa shape index (κ1) is 17.9. The van der Waals surface area contributed by atoms with Crippen molar-refractivity contribution >= 4 is 23.6 Å². The summed E-state index contributed by atoms with van der Waals surface area (Å²) >= 11 is 0. The monoisotopic (exact) mass is 347 g/mol. The van der Waals surface area contributed by atoms with Gasteiger partial charge in [0.25, 0.3) is 0 Å². The van der Waals surface area contributed by atoms with Crippen LogP contribution in [0.3, 0.4) is 0 Å². The van der Waals surface area contributed by atoms with E-state index in [-0.39, 0.29) is 18.1 Å². The molecule has 1 heterocycles. The third kappa shape index (κ3) is 3.54. The Balaban J connectivity index is 2.20. The first-order valence-corrected chi connectivity index (χ1v) is 9.02. The molecule has 4 nitrogen and oxygen atoms in total. The fourth-order valence-electron chi connectivity index (χ4n) is 3.03. The van der Waals surface area contributed by atoms with Crippen molar-refractivity contribution in [2.75, 3.05) is 4.90 Å². The molecule has 1 saturated heterocycles. The molecule has 0 unspecified atom stereocenters. The van der Waals surface area contributed by atoms with E-state index in [1.54, 1.807) is 9.80 Å². The molecule has 26 heavy (non-hydrogen) atoms. The number of rotatable bonds is 4. The summed E-state index contributed by atoms with van der Waals surface area (Å²) in [5.41, 5.74) is 2.70. The molecule has 0 radical (unpaired) electrons. The van der Waals surface area contributed by atoms with Gasteiger partial charge in [-0.05, 0) is 51.5 Å². The molecule has 0 aliphatic carbocycles. The van der Waals surface area contributed by atoms with Crippen LogP contribution in [-0.2, 0) is 0 Å². The van der Waals surface area contributed by atoms with E-state index < -0.39 is 0 Å². The highest BCUT2D eigenvalue weighted by Crippen LogP contribution is 2.32. The Morgan fingerprint density at radius 1 is 0.885 bits per heavy atom. The predicted molar refractivity (Wildman–Crippen MR) is 108 cm³/mol. The zero-order chi connectivity index (χ0) is 18.7. The van der Waals surface area contributed by atoms with E-state index in [2.05, 4.69) is 0 Å². The number of amidine groups is 1. The maximum atomic E-state index is 13.3. The normalized spacial score (nSPS) is 18.0. The van der Waals surface area contributed by atoms with Crippen LogP contribution < -0.4 is 4.90 Å². The summed E-state index contributed by atoms with van der Waals surface area (Å²) in [4.78, 5) is 21.6. The maximum Gasteiger partial charge on any atom is 0.335 e. The molecule has 1 aliphatic rings. The molecular weight excluding hydrogens is 322 g/mol. The molecule has 3 rings (SSSR count). The number of para-hydroxylation sites is 1. The second kappa shape index (κ2) is 7.56. The average Bonchev–Trinajstić information content (AvgIpc) is 2.87. The van der Waals surface area contributed by atoms with E-state index in [0.29, 0.717) is 0 Å². The standard InChI is InChI=1S/C22H25N3O/c1-16(2)23-21-20(15-18-11-7-5-8-12-18)25(19-13-9-6-10-14-19)22(26)24(21)17(3)4/h5-17H,1-4H3/b20-15+,23-21?. The number of benzene rings is 2. The van der Waals surface area contributed by atoms with Crippen LogP contribution in [0.15, 0.2) is 71.4 Å². The van der Waals surface area contributed by atoms with Gasteiger partial charge in [-0.2, -0.15) is 0 Å². The molecule has 0 saturated carbocycles. The molecule has 0 spiro atoms. The number of carbonyl (C=O) groups is 1. The number of anilines is 1. The van der Waals surface area contributed by atoms with Gasteiger partial charge in [-0.1, -0.05) is 48.5 Å². The predicted octanol–water partition coefficient (Wildman–Crippen LogP) is 5.19. The molecule has 0 atom stereocenters. The zero-order valence-corrected chi connectivity index (χ0v) is 15.8. The van der Waals surface area contributed by atoms with E-state index in [1.165, 1.54) is 0 Å². The minimum Gasteiger partial charge on any atom is -0.274 e. The van der Waals surface area contributed by atoms with Crippen LogP contribution in [0.4, 0.5) is 10.5 Å². The third-order valence-electron chi connectivity index (χ3n) is 4.11. The Labute approximate surface area is 155 Å². The lowest BCUT2D eigenvalue weighted by Crippen LogP contribution is -2.38. The minimum absolute atomic E-state index is 0.0212. The Kier molecular flexibility index (Phi) is 5.21. The van der Waals surface area contributed by atoms with E-state index in [9.17, 15) is 4.79 Å². The van der Waals surface area contributed by atoms with Gasteiger partial charge in [-0.15, -0.1) is 0 Å². The number of nitrogens with zero attached hydrogens (tertiary/aromatic N) is 3. The second-order valence-corrected chi connectivity index (χ2v) is 6.90. The van der Waals surface area contributed by atoms with Crippen LogP contribution in [0, 0.1) is 0 Å². The molecule has 0 bridgehead atoms. The Bertz CT molecular complexity index is 823. The van der Waals surface area contributed by atoms with E-state index in [4.69, 9.17) is 4.99 Å². The van der Waals surface area contributed by atoms with E-state index in [0.717, 1.165) is 22.8 Å². The van der Waals surface area contributed by atoms with Crippen LogP contribution in [0.25, 0.3) is 6.08 Å².